The van der Waals surface area contributed by atoms with E-state index in [-0.39, 0.29) is 12.4 Å². The zero-order valence-electron chi connectivity index (χ0n) is 6.11. The number of imidazole rings is 1. The van der Waals surface area contributed by atoms with Crippen LogP contribution in [-0.2, 0) is 13.6 Å². The second-order valence-corrected chi connectivity index (χ2v) is 2.18. The van der Waals surface area contributed by atoms with Crippen LogP contribution in [0, 0.1) is 0 Å². The predicted molar refractivity (Wildman–Crippen MR) is 38.1 cm³/mol. The molecule has 0 radical (unpaired) electrons. The van der Waals surface area contributed by atoms with Crippen LogP contribution < -0.4 is 5.73 Å². The molecule has 0 unspecified atom stereocenters. The molecule has 0 aliphatic rings. The van der Waals surface area contributed by atoms with Crippen molar-refractivity contribution in [2.24, 2.45) is 12.8 Å². The fourth-order valence-corrected chi connectivity index (χ4v) is 0.825. The van der Waals surface area contributed by atoms with Crippen molar-refractivity contribution >= 4 is 5.97 Å². The molecule has 1 heterocycles. The minimum atomic E-state index is -1.03. The molecule has 1 aromatic rings. The van der Waals surface area contributed by atoms with Gasteiger partial charge < -0.3 is 15.4 Å². The van der Waals surface area contributed by atoms with Crippen molar-refractivity contribution in [1.29, 1.82) is 0 Å². The zero-order valence-corrected chi connectivity index (χ0v) is 6.11. The maximum Gasteiger partial charge on any atom is 0.372 e. The standard InChI is InChI=1S/C6H9N3O2/c1-9-3-4(2-7)8-5(9)6(10)11/h3H,2,7H2,1H3,(H,10,11). The molecule has 0 aliphatic heterocycles. The van der Waals surface area contributed by atoms with E-state index in [1.54, 1.807) is 13.2 Å². The first kappa shape index (κ1) is 7.74. The van der Waals surface area contributed by atoms with Gasteiger partial charge >= 0.3 is 5.97 Å². The first-order chi connectivity index (χ1) is 5.15. The Morgan fingerprint density at radius 2 is 2.55 bits per heavy atom. The largest absolute Gasteiger partial charge is 0.475 e. The van der Waals surface area contributed by atoms with Crippen molar-refractivity contribution in [1.82, 2.24) is 9.55 Å². The summed E-state index contributed by atoms with van der Waals surface area (Å²) in [5.74, 6) is -1.02. The van der Waals surface area contributed by atoms with Crippen molar-refractivity contribution in [2.75, 3.05) is 0 Å². The Labute approximate surface area is 63.5 Å². The molecule has 5 heteroatoms. The van der Waals surface area contributed by atoms with E-state index >= 15 is 0 Å². The lowest BCUT2D eigenvalue weighted by molar-refractivity contribution is 0.0679. The number of aromatic nitrogens is 2. The lowest BCUT2D eigenvalue weighted by atomic mass is 10.5. The lowest BCUT2D eigenvalue weighted by Crippen LogP contribution is -2.05. The monoisotopic (exact) mass is 155 g/mol. The lowest BCUT2D eigenvalue weighted by Gasteiger charge is -1.90. The van der Waals surface area contributed by atoms with Crippen LogP contribution in [0.2, 0.25) is 0 Å². The summed E-state index contributed by atoms with van der Waals surface area (Å²) in [4.78, 5) is 14.2. The molecule has 0 saturated carbocycles. The van der Waals surface area contributed by atoms with Gasteiger partial charge in [0, 0.05) is 19.8 Å². The van der Waals surface area contributed by atoms with Gasteiger partial charge in [-0.25, -0.2) is 9.78 Å². The zero-order chi connectivity index (χ0) is 8.43. The van der Waals surface area contributed by atoms with Gasteiger partial charge in [0.1, 0.15) is 0 Å². The van der Waals surface area contributed by atoms with Gasteiger partial charge in [0.05, 0.1) is 5.69 Å². The number of aromatic carboxylic acids is 1. The highest BCUT2D eigenvalue weighted by atomic mass is 16.4. The summed E-state index contributed by atoms with van der Waals surface area (Å²) in [5, 5.41) is 8.55. The van der Waals surface area contributed by atoms with Crippen LogP contribution in [0.5, 0.6) is 0 Å². The number of carboxylic acid groups (broad SMARTS) is 1. The molecule has 1 rings (SSSR count). The predicted octanol–water partition coefficient (Wildman–Crippen LogP) is -0.423. The van der Waals surface area contributed by atoms with Gasteiger partial charge in [0.25, 0.3) is 0 Å². The van der Waals surface area contributed by atoms with Crippen LogP contribution >= 0.6 is 0 Å². The number of carbonyl (C=O) groups is 1. The Hall–Kier alpha value is -1.36. The van der Waals surface area contributed by atoms with Crippen LogP contribution in [-0.4, -0.2) is 20.6 Å². The number of nitrogens with two attached hydrogens (primary N) is 1. The molecule has 11 heavy (non-hydrogen) atoms. The Morgan fingerprint density at radius 3 is 2.82 bits per heavy atom. The Morgan fingerprint density at radius 1 is 1.91 bits per heavy atom. The summed E-state index contributed by atoms with van der Waals surface area (Å²) in [6, 6.07) is 0. The van der Waals surface area contributed by atoms with E-state index < -0.39 is 5.97 Å². The third kappa shape index (κ3) is 1.38. The van der Waals surface area contributed by atoms with Crippen LogP contribution in [0.1, 0.15) is 16.3 Å². The Balaban J connectivity index is 3.07. The number of hydrogen-bond acceptors (Lipinski definition) is 3. The molecule has 60 valence electrons. The third-order valence-electron chi connectivity index (χ3n) is 1.33. The molecule has 0 spiro atoms. The molecule has 5 nitrogen and oxygen atoms in total. The second kappa shape index (κ2) is 2.71. The van der Waals surface area contributed by atoms with Crippen LogP contribution in [0.25, 0.3) is 0 Å². The quantitative estimate of drug-likeness (QED) is 0.607. The van der Waals surface area contributed by atoms with Crippen LogP contribution in [0.4, 0.5) is 0 Å². The minimum Gasteiger partial charge on any atom is -0.475 e. The van der Waals surface area contributed by atoms with E-state index in [0.29, 0.717) is 5.69 Å². The van der Waals surface area contributed by atoms with Crippen LogP contribution in [0.3, 0.4) is 0 Å². The van der Waals surface area contributed by atoms with E-state index in [0.717, 1.165) is 0 Å². The van der Waals surface area contributed by atoms with Gasteiger partial charge in [0.15, 0.2) is 0 Å². The molecule has 0 aliphatic carbocycles. The summed E-state index contributed by atoms with van der Waals surface area (Å²) in [5.41, 5.74) is 5.85. The fraction of sp³-hybridized carbons (Fsp3) is 0.333. The topological polar surface area (TPSA) is 81.1 Å². The first-order valence-electron chi connectivity index (χ1n) is 3.10. The molecule has 0 atom stereocenters. The van der Waals surface area contributed by atoms with Crippen molar-refractivity contribution in [3.63, 3.8) is 0 Å². The van der Waals surface area contributed by atoms with Gasteiger partial charge in [-0.3, -0.25) is 0 Å². The molecule has 0 aromatic carbocycles. The van der Waals surface area contributed by atoms with E-state index in [4.69, 9.17) is 10.8 Å². The van der Waals surface area contributed by atoms with E-state index in [2.05, 4.69) is 4.98 Å². The highest BCUT2D eigenvalue weighted by molar-refractivity contribution is 5.83. The smallest absolute Gasteiger partial charge is 0.372 e. The van der Waals surface area contributed by atoms with Crippen LogP contribution in [0.15, 0.2) is 6.20 Å². The fourth-order valence-electron chi connectivity index (χ4n) is 0.825. The summed E-state index contributed by atoms with van der Waals surface area (Å²) in [7, 11) is 1.62. The molecule has 0 amide bonds. The van der Waals surface area contributed by atoms with Gasteiger partial charge in [-0.1, -0.05) is 0 Å². The third-order valence-corrected chi connectivity index (χ3v) is 1.33. The first-order valence-corrected chi connectivity index (χ1v) is 3.10. The number of rotatable bonds is 2. The highest BCUT2D eigenvalue weighted by Gasteiger charge is 2.10. The van der Waals surface area contributed by atoms with Crippen molar-refractivity contribution in [3.8, 4) is 0 Å². The van der Waals surface area contributed by atoms with Crippen molar-refractivity contribution < 1.29 is 9.90 Å². The molecule has 0 bridgehead atoms. The SMILES string of the molecule is Cn1cc(CN)nc1C(=O)O. The summed E-state index contributed by atoms with van der Waals surface area (Å²) in [6.45, 7) is 0.265. The average molecular weight is 155 g/mol. The molecule has 0 fully saturated rings. The maximum atomic E-state index is 10.4. The highest BCUT2D eigenvalue weighted by Crippen LogP contribution is 1.99. The Bertz CT molecular complexity index is 279. The molecular formula is C6H9N3O2. The molecular weight excluding hydrogens is 146 g/mol. The van der Waals surface area contributed by atoms with E-state index in [9.17, 15) is 4.79 Å². The normalized spacial score (nSPS) is 10.0. The Kier molecular flexibility index (Phi) is 1.91. The summed E-state index contributed by atoms with van der Waals surface area (Å²) >= 11 is 0. The van der Waals surface area contributed by atoms with Crippen molar-refractivity contribution in [2.45, 2.75) is 6.54 Å². The molecule has 0 saturated heterocycles. The summed E-state index contributed by atoms with van der Waals surface area (Å²) < 4.78 is 1.44. The number of aryl methyl sites for hydroxylation is 1. The van der Waals surface area contributed by atoms with E-state index in [1.807, 2.05) is 0 Å². The number of nitrogens with zero attached hydrogens (tertiary/aromatic N) is 2. The number of hydrogen-bond donors (Lipinski definition) is 2. The number of carboxylic acids is 1. The van der Waals surface area contributed by atoms with Gasteiger partial charge in [-0.2, -0.15) is 0 Å². The average Bonchev–Trinajstić information content (AvgIpc) is 2.30. The summed E-state index contributed by atoms with van der Waals surface area (Å²) in [6.07, 6.45) is 1.60. The van der Waals surface area contributed by atoms with Crippen molar-refractivity contribution in [3.05, 3.63) is 17.7 Å². The van der Waals surface area contributed by atoms with Gasteiger partial charge in [-0.15, -0.1) is 0 Å². The second-order valence-electron chi connectivity index (χ2n) is 2.18. The molecule has 3 N–H and O–H groups in total. The maximum absolute atomic E-state index is 10.4. The van der Waals surface area contributed by atoms with Gasteiger partial charge in [-0.05, 0) is 0 Å². The minimum absolute atomic E-state index is 0.0189. The van der Waals surface area contributed by atoms with Gasteiger partial charge in [0.2, 0.25) is 5.82 Å². The van der Waals surface area contributed by atoms with E-state index in [1.165, 1.54) is 4.57 Å². The molecule has 1 aromatic heterocycles.